The van der Waals surface area contributed by atoms with Crippen molar-refractivity contribution >= 4 is 35.0 Å². The Labute approximate surface area is 155 Å². The number of rotatable bonds is 6. The fourth-order valence-corrected chi connectivity index (χ4v) is 3.18. The summed E-state index contributed by atoms with van der Waals surface area (Å²) in [5, 5.41) is 11.0. The third-order valence-electron chi connectivity index (χ3n) is 3.60. The number of carbonyl (C=O) groups excluding carboxylic acids is 1. The predicted octanol–water partition coefficient (Wildman–Crippen LogP) is 4.42. The highest BCUT2D eigenvalue weighted by Crippen LogP contribution is 2.26. The number of carbonyl (C=O) groups is 1. The summed E-state index contributed by atoms with van der Waals surface area (Å²) in [6, 6.07) is 15.2. The van der Waals surface area contributed by atoms with Crippen LogP contribution in [0.15, 0.2) is 53.7 Å². The number of aromatic amines is 1. The molecule has 0 radical (unpaired) electrons. The van der Waals surface area contributed by atoms with Crippen molar-refractivity contribution in [2.24, 2.45) is 0 Å². The van der Waals surface area contributed by atoms with Crippen LogP contribution in [-0.4, -0.2) is 26.8 Å². The van der Waals surface area contributed by atoms with Gasteiger partial charge in [-0.2, -0.15) is 0 Å². The van der Waals surface area contributed by atoms with E-state index in [1.807, 2.05) is 42.5 Å². The molecule has 0 fully saturated rings. The van der Waals surface area contributed by atoms with Crippen molar-refractivity contribution in [3.63, 3.8) is 0 Å². The summed E-state index contributed by atoms with van der Waals surface area (Å²) >= 11 is 7.43. The first kappa shape index (κ1) is 17.5. The van der Waals surface area contributed by atoms with E-state index in [1.165, 1.54) is 11.8 Å². The molecular formula is C18H17ClN4OS. The van der Waals surface area contributed by atoms with Gasteiger partial charge in [-0.3, -0.25) is 9.89 Å². The van der Waals surface area contributed by atoms with Crippen molar-refractivity contribution in [3.05, 3.63) is 59.1 Å². The zero-order chi connectivity index (χ0) is 17.6. The number of H-pyrrole nitrogens is 1. The van der Waals surface area contributed by atoms with Crippen LogP contribution in [0.5, 0.6) is 0 Å². The normalized spacial score (nSPS) is 10.6. The molecule has 0 saturated carbocycles. The number of para-hydroxylation sites is 1. The molecule has 0 bridgehead atoms. The molecule has 3 rings (SSSR count). The lowest BCUT2D eigenvalue weighted by molar-refractivity contribution is -0.113. The fraction of sp³-hybridized carbons (Fsp3) is 0.167. The van der Waals surface area contributed by atoms with E-state index in [4.69, 9.17) is 11.6 Å². The summed E-state index contributed by atoms with van der Waals surface area (Å²) in [6.45, 7) is 2.06. The first-order valence-corrected chi connectivity index (χ1v) is 9.21. The van der Waals surface area contributed by atoms with Crippen LogP contribution in [0.4, 0.5) is 5.69 Å². The second-order valence-corrected chi connectivity index (χ2v) is 6.64. The molecule has 0 saturated heterocycles. The largest absolute Gasteiger partial charge is 0.325 e. The minimum absolute atomic E-state index is 0.0880. The van der Waals surface area contributed by atoms with Gasteiger partial charge in [0.05, 0.1) is 10.8 Å². The Hall–Kier alpha value is -2.31. The van der Waals surface area contributed by atoms with Gasteiger partial charge in [0.25, 0.3) is 0 Å². The van der Waals surface area contributed by atoms with Crippen molar-refractivity contribution in [2.45, 2.75) is 18.5 Å². The quantitative estimate of drug-likeness (QED) is 0.628. The molecule has 128 valence electrons. The molecule has 0 spiro atoms. The third-order valence-corrected chi connectivity index (χ3v) is 4.78. The van der Waals surface area contributed by atoms with Crippen LogP contribution in [0.25, 0.3) is 11.4 Å². The molecule has 1 heterocycles. The van der Waals surface area contributed by atoms with Crippen LogP contribution >= 0.6 is 23.4 Å². The molecule has 0 atom stereocenters. The van der Waals surface area contributed by atoms with Crippen LogP contribution in [0.2, 0.25) is 5.02 Å². The third kappa shape index (κ3) is 4.41. The zero-order valence-corrected chi connectivity index (χ0v) is 15.2. The Bertz CT molecular complexity index is 881. The van der Waals surface area contributed by atoms with Gasteiger partial charge in [0, 0.05) is 11.3 Å². The average Bonchev–Trinajstić information content (AvgIpc) is 3.09. The first-order chi connectivity index (χ1) is 12.2. The molecule has 2 aromatic carbocycles. The van der Waals surface area contributed by atoms with Crippen molar-refractivity contribution in [3.8, 4) is 11.4 Å². The number of anilines is 1. The monoisotopic (exact) mass is 372 g/mol. The molecule has 1 amide bonds. The average molecular weight is 373 g/mol. The summed E-state index contributed by atoms with van der Waals surface area (Å²) in [4.78, 5) is 16.6. The summed E-state index contributed by atoms with van der Waals surface area (Å²) in [5.74, 6) is 0.734. The number of hydrogen-bond acceptors (Lipinski definition) is 4. The Balaban J connectivity index is 1.61. The van der Waals surface area contributed by atoms with Gasteiger partial charge in [0.2, 0.25) is 11.1 Å². The van der Waals surface area contributed by atoms with Crippen molar-refractivity contribution in [1.29, 1.82) is 0 Å². The van der Waals surface area contributed by atoms with E-state index in [0.29, 0.717) is 16.0 Å². The van der Waals surface area contributed by atoms with E-state index in [1.54, 1.807) is 6.07 Å². The molecule has 0 aliphatic rings. The number of halogens is 1. The fourth-order valence-electron chi connectivity index (χ4n) is 2.35. The second kappa shape index (κ2) is 8.18. The van der Waals surface area contributed by atoms with E-state index in [9.17, 15) is 4.79 Å². The van der Waals surface area contributed by atoms with Crippen LogP contribution in [0.3, 0.4) is 0 Å². The Morgan fingerprint density at radius 3 is 2.76 bits per heavy atom. The van der Waals surface area contributed by atoms with Gasteiger partial charge in [-0.1, -0.05) is 60.6 Å². The van der Waals surface area contributed by atoms with Crippen molar-refractivity contribution in [2.75, 3.05) is 11.1 Å². The van der Waals surface area contributed by atoms with E-state index in [2.05, 4.69) is 27.4 Å². The van der Waals surface area contributed by atoms with Gasteiger partial charge in [0.1, 0.15) is 0 Å². The highest BCUT2D eigenvalue weighted by atomic mass is 35.5. The van der Waals surface area contributed by atoms with Gasteiger partial charge in [-0.05, 0) is 30.2 Å². The number of aryl methyl sites for hydroxylation is 1. The summed E-state index contributed by atoms with van der Waals surface area (Å²) in [7, 11) is 0. The van der Waals surface area contributed by atoms with Crippen molar-refractivity contribution < 1.29 is 4.79 Å². The standard InChI is InChI=1S/C18H17ClN4OS/c1-2-12-7-3-6-10-15(12)20-16(24)11-25-18-21-17(22-23-18)13-8-4-5-9-14(13)19/h3-10H,2,11H2,1H3,(H,20,24)(H,21,22,23). The van der Waals surface area contributed by atoms with Crippen LogP contribution in [-0.2, 0) is 11.2 Å². The van der Waals surface area contributed by atoms with Gasteiger partial charge < -0.3 is 5.32 Å². The smallest absolute Gasteiger partial charge is 0.234 e. The topological polar surface area (TPSA) is 70.7 Å². The van der Waals surface area contributed by atoms with Gasteiger partial charge >= 0.3 is 0 Å². The summed E-state index contributed by atoms with van der Waals surface area (Å²) in [5.41, 5.74) is 2.74. The number of hydrogen-bond donors (Lipinski definition) is 2. The van der Waals surface area contributed by atoms with Crippen LogP contribution < -0.4 is 5.32 Å². The minimum atomic E-state index is -0.0880. The summed E-state index contributed by atoms with van der Waals surface area (Å²) in [6.07, 6.45) is 0.867. The van der Waals surface area contributed by atoms with E-state index in [0.717, 1.165) is 23.2 Å². The lowest BCUT2D eigenvalue weighted by atomic mass is 10.1. The molecule has 0 aliphatic carbocycles. The molecule has 5 nitrogen and oxygen atoms in total. The van der Waals surface area contributed by atoms with Crippen LogP contribution in [0, 0.1) is 0 Å². The van der Waals surface area contributed by atoms with E-state index in [-0.39, 0.29) is 11.7 Å². The zero-order valence-electron chi connectivity index (χ0n) is 13.6. The van der Waals surface area contributed by atoms with Gasteiger partial charge in [-0.15, -0.1) is 5.10 Å². The molecular weight excluding hydrogens is 356 g/mol. The predicted molar refractivity (Wildman–Crippen MR) is 102 cm³/mol. The minimum Gasteiger partial charge on any atom is -0.325 e. The molecule has 1 aromatic heterocycles. The van der Waals surface area contributed by atoms with Gasteiger partial charge in [-0.25, -0.2) is 4.98 Å². The molecule has 7 heteroatoms. The number of benzene rings is 2. The van der Waals surface area contributed by atoms with E-state index >= 15 is 0 Å². The maximum Gasteiger partial charge on any atom is 0.234 e. The van der Waals surface area contributed by atoms with Gasteiger partial charge in [0.15, 0.2) is 5.82 Å². The number of amides is 1. The molecule has 2 N–H and O–H groups in total. The summed E-state index contributed by atoms with van der Waals surface area (Å²) < 4.78 is 0. The van der Waals surface area contributed by atoms with Crippen molar-refractivity contribution in [1.82, 2.24) is 15.2 Å². The maximum absolute atomic E-state index is 12.2. The first-order valence-electron chi connectivity index (χ1n) is 7.85. The maximum atomic E-state index is 12.2. The lowest BCUT2D eigenvalue weighted by Gasteiger charge is -2.08. The van der Waals surface area contributed by atoms with E-state index < -0.39 is 0 Å². The Morgan fingerprint density at radius 1 is 1.20 bits per heavy atom. The number of nitrogens with one attached hydrogen (secondary N) is 2. The SMILES string of the molecule is CCc1ccccc1NC(=O)CSc1n[nH]c(-c2ccccc2Cl)n1. The molecule has 3 aromatic rings. The number of aromatic nitrogens is 3. The molecule has 0 unspecified atom stereocenters. The molecule has 25 heavy (non-hydrogen) atoms. The Kier molecular flexibility index (Phi) is 5.73. The number of nitrogens with zero attached hydrogens (tertiary/aromatic N) is 2. The molecule has 0 aliphatic heterocycles. The number of thioether (sulfide) groups is 1. The lowest BCUT2D eigenvalue weighted by Crippen LogP contribution is -2.15. The van der Waals surface area contributed by atoms with Crippen LogP contribution in [0.1, 0.15) is 12.5 Å². The highest BCUT2D eigenvalue weighted by molar-refractivity contribution is 7.99. The second-order valence-electron chi connectivity index (χ2n) is 5.29. The Morgan fingerprint density at radius 2 is 1.96 bits per heavy atom. The highest BCUT2D eigenvalue weighted by Gasteiger charge is 2.11.